The Morgan fingerprint density at radius 2 is 2.29 bits per heavy atom. The molecule has 0 bridgehead atoms. The molecule has 0 saturated carbocycles. The van der Waals surface area contributed by atoms with E-state index < -0.39 is 12.2 Å². The number of carbonyl (C=O) groups excluding carboxylic acids is 2. The summed E-state index contributed by atoms with van der Waals surface area (Å²) in [5.41, 5.74) is 1.03. The lowest BCUT2D eigenvalue weighted by Gasteiger charge is -2.19. The van der Waals surface area contributed by atoms with Crippen LogP contribution in [0.2, 0.25) is 0 Å². The fourth-order valence-corrected chi connectivity index (χ4v) is 2.85. The Hall–Kier alpha value is -2.57. The lowest BCUT2D eigenvalue weighted by molar-refractivity contribution is -0.119. The van der Waals surface area contributed by atoms with Crippen molar-refractivity contribution in [1.82, 2.24) is 5.32 Å². The molecule has 1 unspecified atom stereocenters. The molecule has 1 aromatic rings. The number of benzene rings is 1. The molecule has 0 spiro atoms. The van der Waals surface area contributed by atoms with Crippen molar-refractivity contribution >= 4 is 17.7 Å². The van der Waals surface area contributed by atoms with Crippen LogP contribution in [-0.4, -0.2) is 37.8 Å². The highest BCUT2D eigenvalue weighted by Crippen LogP contribution is 2.30. The number of anilines is 1. The highest BCUT2D eigenvalue weighted by molar-refractivity contribution is 5.89. The van der Waals surface area contributed by atoms with Gasteiger partial charge < -0.3 is 14.8 Å². The molecule has 24 heavy (non-hydrogen) atoms. The number of rotatable bonds is 4. The van der Waals surface area contributed by atoms with Crippen molar-refractivity contribution in [3.8, 4) is 0 Å². The Bertz CT molecular complexity index is 677. The second kappa shape index (κ2) is 6.90. The number of hydrogen-bond donors (Lipinski definition) is 1. The molecule has 2 aliphatic rings. The summed E-state index contributed by atoms with van der Waals surface area (Å²) in [5, 5.41) is 2.61. The molecule has 1 fully saturated rings. The van der Waals surface area contributed by atoms with E-state index in [0.717, 1.165) is 6.42 Å². The first-order valence-electron chi connectivity index (χ1n) is 7.85. The zero-order valence-corrected chi connectivity index (χ0v) is 13.3. The maximum atomic E-state index is 14.5. The summed E-state index contributed by atoms with van der Waals surface area (Å²) in [6.07, 6.45) is 3.16. The van der Waals surface area contributed by atoms with Gasteiger partial charge in [0, 0.05) is 12.8 Å². The number of nitrogens with one attached hydrogen (secondary N) is 1. The quantitative estimate of drug-likeness (QED) is 0.917. The van der Waals surface area contributed by atoms with Crippen LogP contribution in [-0.2, 0) is 14.3 Å². The predicted octanol–water partition coefficient (Wildman–Crippen LogP) is 2.30. The Labute approximate surface area is 139 Å². The van der Waals surface area contributed by atoms with Gasteiger partial charge in [0.2, 0.25) is 5.91 Å². The topological polar surface area (TPSA) is 67.9 Å². The Kier molecular flexibility index (Phi) is 4.69. The van der Waals surface area contributed by atoms with Crippen LogP contribution in [0.3, 0.4) is 0 Å². The minimum absolute atomic E-state index is 0.0224. The molecule has 128 valence electrons. The second-order valence-corrected chi connectivity index (χ2v) is 5.85. The zero-order chi connectivity index (χ0) is 17.1. The summed E-state index contributed by atoms with van der Waals surface area (Å²) in [5.74, 6) is -0.572. The van der Waals surface area contributed by atoms with Gasteiger partial charge in [0.25, 0.3) is 0 Å². The maximum absolute atomic E-state index is 14.5. The van der Waals surface area contributed by atoms with Crippen LogP contribution >= 0.6 is 0 Å². The first kappa shape index (κ1) is 16.3. The number of allylic oxidation sites excluding steroid dienone is 1. The van der Waals surface area contributed by atoms with Crippen LogP contribution in [0.1, 0.15) is 24.8 Å². The number of ether oxygens (including phenoxy) is 2. The standard InChI is InChI=1S/C17H19FN2O4/c1-11(21)19-9-14-10-20(17(22)24-14)13-2-3-15(16(18)8-13)12-4-6-23-7-5-12/h2-4,6,8,12,14H,5,7,9-10H2,1H3,(H,19,21)/t12?,14-/m0/s1. The van der Waals surface area contributed by atoms with E-state index in [9.17, 15) is 14.0 Å². The molecule has 2 heterocycles. The minimum atomic E-state index is -0.538. The number of cyclic esters (lactones) is 1. The molecule has 1 N–H and O–H groups in total. The second-order valence-electron chi connectivity index (χ2n) is 5.85. The van der Waals surface area contributed by atoms with Crippen molar-refractivity contribution in [3.63, 3.8) is 0 Å². The molecule has 0 aliphatic carbocycles. The van der Waals surface area contributed by atoms with Crippen LogP contribution in [0.15, 0.2) is 30.5 Å². The summed E-state index contributed by atoms with van der Waals surface area (Å²) in [6.45, 7) is 2.47. The van der Waals surface area contributed by atoms with Gasteiger partial charge in [0.05, 0.1) is 31.6 Å². The molecular weight excluding hydrogens is 315 g/mol. The Morgan fingerprint density at radius 3 is 2.96 bits per heavy atom. The fraction of sp³-hybridized carbons (Fsp3) is 0.412. The zero-order valence-electron chi connectivity index (χ0n) is 13.3. The summed E-state index contributed by atoms with van der Waals surface area (Å²) in [4.78, 5) is 24.3. The van der Waals surface area contributed by atoms with E-state index in [1.165, 1.54) is 17.9 Å². The van der Waals surface area contributed by atoms with Crippen LogP contribution < -0.4 is 10.2 Å². The normalized spacial score (nSPS) is 22.9. The number of hydrogen-bond acceptors (Lipinski definition) is 4. The van der Waals surface area contributed by atoms with Gasteiger partial charge in [-0.3, -0.25) is 9.69 Å². The highest BCUT2D eigenvalue weighted by atomic mass is 19.1. The van der Waals surface area contributed by atoms with Crippen LogP contribution in [0, 0.1) is 5.82 Å². The van der Waals surface area contributed by atoms with Gasteiger partial charge in [0.15, 0.2) is 0 Å². The molecule has 1 saturated heterocycles. The van der Waals surface area contributed by atoms with Gasteiger partial charge in [-0.15, -0.1) is 0 Å². The van der Waals surface area contributed by atoms with Crippen LogP contribution in [0.5, 0.6) is 0 Å². The van der Waals surface area contributed by atoms with Gasteiger partial charge in [-0.25, -0.2) is 9.18 Å². The van der Waals surface area contributed by atoms with Crippen LogP contribution in [0.4, 0.5) is 14.9 Å². The summed E-state index contributed by atoms with van der Waals surface area (Å²) in [7, 11) is 0. The molecule has 6 nitrogen and oxygen atoms in total. The molecule has 0 radical (unpaired) electrons. The number of nitrogens with zero attached hydrogens (tertiary/aromatic N) is 1. The van der Waals surface area contributed by atoms with E-state index in [-0.39, 0.29) is 30.7 Å². The molecule has 2 amide bonds. The average molecular weight is 334 g/mol. The highest BCUT2D eigenvalue weighted by Gasteiger charge is 2.33. The largest absolute Gasteiger partial charge is 0.501 e. The summed E-state index contributed by atoms with van der Waals surface area (Å²) < 4.78 is 24.8. The molecular formula is C17H19FN2O4. The van der Waals surface area contributed by atoms with Crippen molar-refractivity contribution < 1.29 is 23.5 Å². The molecule has 2 atom stereocenters. The average Bonchev–Trinajstić information content (AvgIpc) is 2.94. The van der Waals surface area contributed by atoms with Crippen molar-refractivity contribution in [2.45, 2.75) is 25.4 Å². The van der Waals surface area contributed by atoms with Crippen molar-refractivity contribution in [2.75, 3.05) is 24.6 Å². The smallest absolute Gasteiger partial charge is 0.414 e. The van der Waals surface area contributed by atoms with E-state index in [1.54, 1.807) is 18.4 Å². The van der Waals surface area contributed by atoms with Gasteiger partial charge in [0.1, 0.15) is 11.9 Å². The first-order valence-corrected chi connectivity index (χ1v) is 7.85. The van der Waals surface area contributed by atoms with Gasteiger partial charge >= 0.3 is 6.09 Å². The lowest BCUT2D eigenvalue weighted by Crippen LogP contribution is -2.33. The third-order valence-electron chi connectivity index (χ3n) is 4.10. The molecule has 1 aromatic carbocycles. The fourth-order valence-electron chi connectivity index (χ4n) is 2.85. The minimum Gasteiger partial charge on any atom is -0.501 e. The summed E-state index contributed by atoms with van der Waals surface area (Å²) >= 11 is 0. The Balaban J connectivity index is 1.72. The lowest BCUT2D eigenvalue weighted by atomic mass is 9.94. The van der Waals surface area contributed by atoms with E-state index in [4.69, 9.17) is 9.47 Å². The van der Waals surface area contributed by atoms with E-state index >= 15 is 0 Å². The summed E-state index contributed by atoms with van der Waals surface area (Å²) in [6, 6.07) is 4.75. The number of carbonyl (C=O) groups is 2. The SMILES string of the molecule is CC(=O)NC[C@H]1CN(c2ccc(C3C=COCC3)c(F)c2)C(=O)O1. The van der Waals surface area contributed by atoms with Crippen molar-refractivity contribution in [3.05, 3.63) is 41.9 Å². The van der Waals surface area contributed by atoms with E-state index in [2.05, 4.69) is 5.32 Å². The Morgan fingerprint density at radius 1 is 1.46 bits per heavy atom. The third kappa shape index (κ3) is 3.50. The monoisotopic (exact) mass is 334 g/mol. The third-order valence-corrected chi connectivity index (χ3v) is 4.10. The molecule has 7 heteroatoms. The number of amides is 2. The van der Waals surface area contributed by atoms with E-state index in [1.807, 2.05) is 6.08 Å². The van der Waals surface area contributed by atoms with Crippen molar-refractivity contribution in [1.29, 1.82) is 0 Å². The van der Waals surface area contributed by atoms with Gasteiger partial charge in [-0.2, -0.15) is 0 Å². The van der Waals surface area contributed by atoms with E-state index in [0.29, 0.717) is 17.9 Å². The predicted molar refractivity (Wildman–Crippen MR) is 85.1 cm³/mol. The van der Waals surface area contributed by atoms with Crippen LogP contribution in [0.25, 0.3) is 0 Å². The maximum Gasteiger partial charge on any atom is 0.414 e. The van der Waals surface area contributed by atoms with Gasteiger partial charge in [-0.05, 0) is 30.2 Å². The molecule has 2 aliphatic heterocycles. The number of halogens is 1. The van der Waals surface area contributed by atoms with Crippen molar-refractivity contribution in [2.24, 2.45) is 0 Å². The molecule has 3 rings (SSSR count). The molecule has 0 aromatic heterocycles. The van der Waals surface area contributed by atoms with Gasteiger partial charge in [-0.1, -0.05) is 6.07 Å². The first-order chi connectivity index (χ1) is 11.5.